The summed E-state index contributed by atoms with van der Waals surface area (Å²) in [6, 6.07) is 17.5. The van der Waals surface area contributed by atoms with E-state index in [-0.39, 0.29) is 24.3 Å². The van der Waals surface area contributed by atoms with E-state index >= 15 is 0 Å². The van der Waals surface area contributed by atoms with Crippen LogP contribution in [0.1, 0.15) is 57.2 Å². The number of aliphatic imine (C=N–C) groups is 1. The summed E-state index contributed by atoms with van der Waals surface area (Å²) >= 11 is 1.50. The summed E-state index contributed by atoms with van der Waals surface area (Å²) in [5.41, 5.74) is 5.08. The molecule has 6 nitrogen and oxygen atoms in total. The quantitative estimate of drug-likeness (QED) is 0.528. The maximum Gasteiger partial charge on any atom is 0.255 e. The first-order valence-electron chi connectivity index (χ1n) is 11.9. The van der Waals surface area contributed by atoms with Gasteiger partial charge in [-0.25, -0.2) is 4.99 Å². The van der Waals surface area contributed by atoms with Crippen molar-refractivity contribution in [2.75, 3.05) is 18.9 Å². The fourth-order valence-electron chi connectivity index (χ4n) is 4.22. The van der Waals surface area contributed by atoms with Crippen molar-refractivity contribution >= 4 is 34.4 Å². The molecule has 0 saturated carbocycles. The summed E-state index contributed by atoms with van der Waals surface area (Å²) < 4.78 is 0. The first-order chi connectivity index (χ1) is 16.8. The van der Waals surface area contributed by atoms with Gasteiger partial charge in [-0.05, 0) is 48.4 Å². The molecule has 182 valence electrons. The minimum atomic E-state index is -0.381. The Kier molecular flexibility index (Phi) is 7.45. The summed E-state index contributed by atoms with van der Waals surface area (Å²) in [5.74, 6) is 0.254. The van der Waals surface area contributed by atoms with E-state index in [1.165, 1.54) is 17.3 Å². The number of rotatable bonds is 7. The number of fused-ring (bicyclic) bond motifs is 1. The van der Waals surface area contributed by atoms with Crippen molar-refractivity contribution in [2.24, 2.45) is 4.99 Å². The second-order valence-corrected chi connectivity index (χ2v) is 9.96. The maximum absolute atomic E-state index is 13.6. The van der Waals surface area contributed by atoms with E-state index < -0.39 is 0 Å². The van der Waals surface area contributed by atoms with Crippen molar-refractivity contribution in [1.82, 2.24) is 9.80 Å². The van der Waals surface area contributed by atoms with Crippen LogP contribution < -0.4 is 5.32 Å². The van der Waals surface area contributed by atoms with Crippen LogP contribution in [0.3, 0.4) is 0 Å². The third-order valence-corrected chi connectivity index (χ3v) is 7.32. The molecule has 35 heavy (non-hydrogen) atoms. The molecule has 1 N–H and O–H groups in total. The van der Waals surface area contributed by atoms with E-state index in [1.807, 2.05) is 49.6 Å². The van der Waals surface area contributed by atoms with Crippen molar-refractivity contribution in [3.05, 3.63) is 88.1 Å². The highest BCUT2D eigenvalue weighted by Crippen LogP contribution is 2.45. The van der Waals surface area contributed by atoms with Gasteiger partial charge in [0.05, 0.1) is 23.7 Å². The average molecular weight is 489 g/mol. The molecule has 2 heterocycles. The van der Waals surface area contributed by atoms with E-state index in [2.05, 4.69) is 48.3 Å². The van der Waals surface area contributed by atoms with Crippen LogP contribution in [-0.2, 0) is 9.59 Å². The number of carbonyl (C=O) groups excluding carboxylic acids is 2. The lowest BCUT2D eigenvalue weighted by Crippen LogP contribution is -2.39. The Hall–Kier alpha value is -3.32. The van der Waals surface area contributed by atoms with E-state index in [9.17, 15) is 9.59 Å². The standard InChI is InChI=1S/C28H32N4O2S/c1-6-31(5)24(33)16-23-17-35-28-29-19(4)25(27(34)30-22-10-8-7-9-11-22)26(32(23)28)21-14-12-20(13-15-21)18(2)3/h7-15,17-18,26H,6,16H2,1-5H3,(H,30,34). The third-order valence-electron chi connectivity index (χ3n) is 6.43. The van der Waals surface area contributed by atoms with Crippen LogP contribution in [0.5, 0.6) is 0 Å². The van der Waals surface area contributed by atoms with Crippen molar-refractivity contribution in [3.63, 3.8) is 0 Å². The molecule has 1 atom stereocenters. The SMILES string of the molecule is CCN(C)C(=O)CC1=CSC2=NC(C)=C(C(=O)Nc3ccccc3)C(c3ccc(C(C)C)cc3)N12. The number of thioether (sulfide) groups is 1. The molecular formula is C28H32N4O2S. The summed E-state index contributed by atoms with van der Waals surface area (Å²) in [4.78, 5) is 35.0. The molecule has 2 aliphatic heterocycles. The average Bonchev–Trinajstić information content (AvgIpc) is 3.24. The lowest BCUT2D eigenvalue weighted by molar-refractivity contribution is -0.129. The van der Waals surface area contributed by atoms with Gasteiger partial charge in [-0.15, -0.1) is 0 Å². The summed E-state index contributed by atoms with van der Waals surface area (Å²) in [7, 11) is 1.81. The van der Waals surface area contributed by atoms with Gasteiger partial charge in [-0.1, -0.05) is 68.1 Å². The molecule has 2 aromatic rings. The number of nitrogens with zero attached hydrogens (tertiary/aromatic N) is 3. The number of para-hydroxylation sites is 1. The van der Waals surface area contributed by atoms with Crippen LogP contribution in [0.4, 0.5) is 5.69 Å². The number of nitrogens with one attached hydrogen (secondary N) is 1. The van der Waals surface area contributed by atoms with Gasteiger partial charge in [0, 0.05) is 25.0 Å². The van der Waals surface area contributed by atoms with E-state index in [0.29, 0.717) is 23.7 Å². The number of allylic oxidation sites excluding steroid dienone is 1. The molecule has 1 unspecified atom stereocenters. The molecule has 0 saturated heterocycles. The second-order valence-electron chi connectivity index (χ2n) is 9.12. The fourth-order valence-corrected chi connectivity index (χ4v) is 5.19. The molecular weight excluding hydrogens is 456 g/mol. The number of amidine groups is 1. The molecule has 2 amide bonds. The van der Waals surface area contributed by atoms with Gasteiger partial charge in [0.15, 0.2) is 5.17 Å². The number of hydrogen-bond donors (Lipinski definition) is 1. The molecule has 2 aliphatic rings. The zero-order valence-corrected chi connectivity index (χ0v) is 21.7. The number of anilines is 1. The minimum Gasteiger partial charge on any atom is -0.346 e. The molecule has 4 rings (SSSR count). The highest BCUT2D eigenvalue weighted by molar-refractivity contribution is 8.16. The predicted octanol–water partition coefficient (Wildman–Crippen LogP) is 5.89. The van der Waals surface area contributed by atoms with Crippen molar-refractivity contribution in [1.29, 1.82) is 0 Å². The lowest BCUT2D eigenvalue weighted by Gasteiger charge is -2.37. The summed E-state index contributed by atoms with van der Waals surface area (Å²) in [6.45, 7) is 8.81. The first kappa shape index (κ1) is 24.8. The van der Waals surface area contributed by atoms with Crippen LogP contribution in [0, 0.1) is 0 Å². The smallest absolute Gasteiger partial charge is 0.255 e. The Morgan fingerprint density at radius 2 is 1.80 bits per heavy atom. The van der Waals surface area contributed by atoms with E-state index in [0.717, 1.165) is 22.1 Å². The maximum atomic E-state index is 13.6. The summed E-state index contributed by atoms with van der Waals surface area (Å²) in [5, 5.41) is 5.82. The zero-order valence-electron chi connectivity index (χ0n) is 20.9. The number of amides is 2. The molecule has 0 fully saturated rings. The number of benzene rings is 2. The highest BCUT2D eigenvalue weighted by Gasteiger charge is 2.40. The van der Waals surface area contributed by atoms with Crippen molar-refractivity contribution in [2.45, 2.75) is 46.1 Å². The molecule has 7 heteroatoms. The zero-order chi connectivity index (χ0) is 25.1. The van der Waals surface area contributed by atoms with Gasteiger partial charge in [0.25, 0.3) is 5.91 Å². The Morgan fingerprint density at radius 3 is 2.43 bits per heavy atom. The van der Waals surface area contributed by atoms with Crippen molar-refractivity contribution < 1.29 is 9.59 Å². The largest absolute Gasteiger partial charge is 0.346 e. The summed E-state index contributed by atoms with van der Waals surface area (Å²) in [6.07, 6.45) is 0.254. The number of hydrogen-bond acceptors (Lipinski definition) is 5. The molecule has 0 aliphatic carbocycles. The van der Waals surface area contributed by atoms with Crippen molar-refractivity contribution in [3.8, 4) is 0 Å². The van der Waals surface area contributed by atoms with Gasteiger partial charge >= 0.3 is 0 Å². The normalized spacial score (nSPS) is 17.2. The van der Waals surface area contributed by atoms with Gasteiger partial charge in [0.2, 0.25) is 5.91 Å². The molecule has 2 aromatic carbocycles. The first-order valence-corrected chi connectivity index (χ1v) is 12.8. The minimum absolute atomic E-state index is 0.0380. The Bertz CT molecular complexity index is 1200. The van der Waals surface area contributed by atoms with Gasteiger partial charge < -0.3 is 15.1 Å². The van der Waals surface area contributed by atoms with Crippen LogP contribution in [0.25, 0.3) is 0 Å². The van der Waals surface area contributed by atoms with Crippen LogP contribution in [0.15, 0.2) is 82.0 Å². The van der Waals surface area contributed by atoms with Gasteiger partial charge in [0.1, 0.15) is 0 Å². The monoisotopic (exact) mass is 488 g/mol. The molecule has 0 bridgehead atoms. The van der Waals surface area contributed by atoms with E-state index in [4.69, 9.17) is 4.99 Å². The third kappa shape index (κ3) is 5.20. The van der Waals surface area contributed by atoms with Crippen LogP contribution in [-0.4, -0.2) is 40.4 Å². The molecule has 0 aromatic heterocycles. The Labute approximate surface area is 211 Å². The second kappa shape index (κ2) is 10.5. The molecule has 0 spiro atoms. The topological polar surface area (TPSA) is 65.0 Å². The van der Waals surface area contributed by atoms with E-state index in [1.54, 1.807) is 11.9 Å². The highest BCUT2D eigenvalue weighted by atomic mass is 32.2. The fraction of sp³-hybridized carbons (Fsp3) is 0.321. The molecule has 0 radical (unpaired) electrons. The Morgan fingerprint density at radius 1 is 1.11 bits per heavy atom. The predicted molar refractivity (Wildman–Crippen MR) is 144 cm³/mol. The lowest BCUT2D eigenvalue weighted by atomic mass is 9.91. The van der Waals surface area contributed by atoms with Crippen LogP contribution in [0.2, 0.25) is 0 Å². The van der Waals surface area contributed by atoms with Gasteiger partial charge in [-0.3, -0.25) is 9.59 Å². The van der Waals surface area contributed by atoms with Crippen LogP contribution >= 0.6 is 11.8 Å². The Balaban J connectivity index is 1.75. The van der Waals surface area contributed by atoms with Gasteiger partial charge in [-0.2, -0.15) is 0 Å². The number of carbonyl (C=O) groups is 2.